The molecule has 3 nitrogen and oxygen atoms in total. The van der Waals surface area contributed by atoms with Crippen LogP contribution in [0.25, 0.3) is 10.8 Å². The van der Waals surface area contributed by atoms with E-state index >= 15 is 0 Å². The first-order valence-corrected chi connectivity index (χ1v) is 8.43. The molecule has 1 N–H and O–H groups in total. The minimum atomic E-state index is -0.0442. The molecule has 0 fully saturated rings. The molecule has 2 aromatic rings. The van der Waals surface area contributed by atoms with Crippen LogP contribution in [0.2, 0.25) is 0 Å². The molecule has 0 bridgehead atoms. The zero-order valence-corrected chi connectivity index (χ0v) is 15.1. The van der Waals surface area contributed by atoms with Gasteiger partial charge in [0.25, 0.3) is 0 Å². The molecule has 0 unspecified atom stereocenters. The van der Waals surface area contributed by atoms with Gasteiger partial charge in [-0.05, 0) is 39.3 Å². The lowest BCUT2D eigenvalue weighted by atomic mass is 9.92. The average Bonchev–Trinajstić information content (AvgIpc) is 2.86. The van der Waals surface area contributed by atoms with Crippen LogP contribution in [-0.4, -0.2) is 29.7 Å². The highest BCUT2D eigenvalue weighted by atomic mass is 35.5. The summed E-state index contributed by atoms with van der Waals surface area (Å²) in [7, 11) is 1.67. The van der Waals surface area contributed by atoms with Crippen LogP contribution in [0.4, 0.5) is 5.69 Å². The van der Waals surface area contributed by atoms with Crippen molar-refractivity contribution in [3.8, 4) is 11.5 Å². The molecule has 0 spiro atoms. The molecule has 124 valence electrons. The van der Waals surface area contributed by atoms with Crippen LogP contribution in [-0.2, 0) is 0 Å². The Morgan fingerprint density at radius 2 is 2.04 bits per heavy atom. The van der Waals surface area contributed by atoms with Crippen LogP contribution in [0.15, 0.2) is 24.3 Å². The summed E-state index contributed by atoms with van der Waals surface area (Å²) >= 11 is 6.53. The van der Waals surface area contributed by atoms with Gasteiger partial charge < -0.3 is 14.7 Å². The number of hydrogen-bond acceptors (Lipinski definition) is 3. The van der Waals surface area contributed by atoms with Crippen molar-refractivity contribution >= 4 is 28.1 Å². The third kappa shape index (κ3) is 2.51. The van der Waals surface area contributed by atoms with Crippen molar-refractivity contribution in [1.29, 1.82) is 0 Å². The second-order valence-electron chi connectivity index (χ2n) is 7.28. The highest BCUT2D eigenvalue weighted by molar-refractivity contribution is 6.21. The fourth-order valence-corrected chi connectivity index (χ4v) is 3.81. The Bertz CT molecular complexity index is 749. The number of anilines is 1. The molecular formula is C19H24ClNO2. The van der Waals surface area contributed by atoms with Crippen LogP contribution in [0, 0.1) is 0 Å². The molecule has 1 aliphatic heterocycles. The van der Waals surface area contributed by atoms with Crippen molar-refractivity contribution in [3.05, 3.63) is 29.8 Å². The lowest BCUT2D eigenvalue weighted by molar-refractivity contribution is 0.419. The van der Waals surface area contributed by atoms with Gasteiger partial charge in [0, 0.05) is 45.9 Å². The molecule has 1 heterocycles. The second kappa shape index (κ2) is 5.48. The van der Waals surface area contributed by atoms with Gasteiger partial charge in [0.1, 0.15) is 11.5 Å². The van der Waals surface area contributed by atoms with E-state index in [0.29, 0.717) is 0 Å². The van der Waals surface area contributed by atoms with E-state index in [9.17, 15) is 5.11 Å². The van der Waals surface area contributed by atoms with Gasteiger partial charge in [-0.25, -0.2) is 0 Å². The summed E-state index contributed by atoms with van der Waals surface area (Å²) in [6, 6.07) is 7.66. The third-order valence-electron chi connectivity index (χ3n) is 4.75. The van der Waals surface area contributed by atoms with Crippen molar-refractivity contribution in [2.75, 3.05) is 18.6 Å². The van der Waals surface area contributed by atoms with Crippen LogP contribution < -0.4 is 9.64 Å². The van der Waals surface area contributed by atoms with Crippen molar-refractivity contribution in [2.45, 2.75) is 44.5 Å². The Morgan fingerprint density at radius 3 is 2.61 bits per heavy atom. The number of rotatable bonds is 2. The van der Waals surface area contributed by atoms with Crippen molar-refractivity contribution < 1.29 is 9.84 Å². The standard InChI is InChI=1S/C19H24ClNO2/c1-11(20)13-10-21(19(2,3)4)14-9-15(22)12-7-6-8-16(23-5)18(12)17(13)14/h6-9,11,13,22H,10H2,1-5H3/t11-,13+/m1/s1. The summed E-state index contributed by atoms with van der Waals surface area (Å²) in [6.07, 6.45) is 0. The molecule has 3 rings (SSSR count). The monoisotopic (exact) mass is 333 g/mol. The number of alkyl halides is 1. The van der Waals surface area contributed by atoms with E-state index in [1.54, 1.807) is 7.11 Å². The molecule has 0 aliphatic carbocycles. The smallest absolute Gasteiger partial charge is 0.127 e. The molecular weight excluding hydrogens is 310 g/mol. The van der Waals surface area contributed by atoms with Gasteiger partial charge in [0.15, 0.2) is 0 Å². The second-order valence-corrected chi connectivity index (χ2v) is 7.97. The highest BCUT2D eigenvalue weighted by Crippen LogP contribution is 2.51. The minimum Gasteiger partial charge on any atom is -0.507 e. The van der Waals surface area contributed by atoms with Crippen LogP contribution >= 0.6 is 11.6 Å². The maximum Gasteiger partial charge on any atom is 0.127 e. The summed E-state index contributed by atoms with van der Waals surface area (Å²) in [5.74, 6) is 1.27. The number of nitrogens with zero attached hydrogens (tertiary/aromatic N) is 1. The number of phenols is 1. The molecule has 4 heteroatoms. The quantitative estimate of drug-likeness (QED) is 0.795. The number of aromatic hydroxyl groups is 1. The van der Waals surface area contributed by atoms with Gasteiger partial charge in [0.05, 0.1) is 7.11 Å². The number of ether oxygens (including phenoxy) is 1. The average molecular weight is 334 g/mol. The Labute approximate surface area is 142 Å². The number of fused-ring (bicyclic) bond motifs is 3. The Hall–Kier alpha value is -1.61. The first kappa shape index (κ1) is 16.3. The molecule has 0 saturated carbocycles. The minimum absolute atomic E-state index is 0.00115. The van der Waals surface area contributed by atoms with E-state index in [1.807, 2.05) is 31.2 Å². The summed E-state index contributed by atoms with van der Waals surface area (Å²) in [5, 5.41) is 12.3. The summed E-state index contributed by atoms with van der Waals surface area (Å²) in [4.78, 5) is 2.33. The molecule has 2 aromatic carbocycles. The number of methoxy groups -OCH3 is 1. The predicted octanol–water partition coefficient (Wildman–Crippen LogP) is 4.88. The van der Waals surface area contributed by atoms with Gasteiger partial charge in [-0.2, -0.15) is 0 Å². The van der Waals surface area contributed by atoms with E-state index < -0.39 is 0 Å². The van der Waals surface area contributed by atoms with Crippen LogP contribution in [0.5, 0.6) is 11.5 Å². The highest BCUT2D eigenvalue weighted by Gasteiger charge is 2.39. The number of halogens is 1. The molecule has 23 heavy (non-hydrogen) atoms. The first-order chi connectivity index (χ1) is 10.8. The predicted molar refractivity (Wildman–Crippen MR) is 97.3 cm³/mol. The largest absolute Gasteiger partial charge is 0.507 e. The Morgan fingerprint density at radius 1 is 1.35 bits per heavy atom. The molecule has 0 aromatic heterocycles. The molecule has 0 amide bonds. The topological polar surface area (TPSA) is 32.7 Å². The molecule has 0 radical (unpaired) electrons. The summed E-state index contributed by atoms with van der Waals surface area (Å²) < 4.78 is 5.58. The van der Waals surface area contributed by atoms with E-state index in [0.717, 1.165) is 28.8 Å². The zero-order valence-electron chi connectivity index (χ0n) is 14.4. The van der Waals surface area contributed by atoms with Gasteiger partial charge in [-0.15, -0.1) is 11.6 Å². The van der Waals surface area contributed by atoms with Crippen LogP contribution in [0.1, 0.15) is 39.2 Å². The van der Waals surface area contributed by atoms with E-state index in [-0.39, 0.29) is 22.6 Å². The third-order valence-corrected chi connectivity index (χ3v) is 5.05. The normalized spacial score (nSPS) is 19.0. The van der Waals surface area contributed by atoms with Gasteiger partial charge >= 0.3 is 0 Å². The van der Waals surface area contributed by atoms with E-state index in [1.165, 1.54) is 5.56 Å². The van der Waals surface area contributed by atoms with E-state index in [2.05, 4.69) is 25.7 Å². The lowest BCUT2D eigenvalue weighted by Crippen LogP contribution is -2.41. The summed E-state index contributed by atoms with van der Waals surface area (Å²) in [6.45, 7) is 9.43. The Kier molecular flexibility index (Phi) is 3.88. The maximum absolute atomic E-state index is 10.5. The van der Waals surface area contributed by atoms with E-state index in [4.69, 9.17) is 16.3 Å². The first-order valence-electron chi connectivity index (χ1n) is 8.00. The van der Waals surface area contributed by atoms with Gasteiger partial charge in [-0.3, -0.25) is 0 Å². The lowest BCUT2D eigenvalue weighted by Gasteiger charge is -2.35. The van der Waals surface area contributed by atoms with Gasteiger partial charge in [-0.1, -0.05) is 12.1 Å². The Balaban J connectivity index is 2.39. The van der Waals surface area contributed by atoms with Crippen molar-refractivity contribution in [2.24, 2.45) is 0 Å². The molecule has 2 atom stereocenters. The zero-order chi connectivity index (χ0) is 16.9. The summed E-state index contributed by atoms with van der Waals surface area (Å²) in [5.41, 5.74) is 2.20. The maximum atomic E-state index is 10.5. The fourth-order valence-electron chi connectivity index (χ4n) is 3.60. The molecule has 0 saturated heterocycles. The number of benzene rings is 2. The van der Waals surface area contributed by atoms with Gasteiger partial charge in [0.2, 0.25) is 0 Å². The number of phenolic OH excluding ortho intramolecular Hbond substituents is 1. The van der Waals surface area contributed by atoms with Crippen molar-refractivity contribution in [1.82, 2.24) is 0 Å². The SMILES string of the molecule is COc1cccc2c(O)cc3c(c12)[C@H]([C@@H](C)Cl)CN3C(C)(C)C. The van der Waals surface area contributed by atoms with Crippen molar-refractivity contribution in [3.63, 3.8) is 0 Å². The van der Waals surface area contributed by atoms with Crippen LogP contribution in [0.3, 0.4) is 0 Å². The fraction of sp³-hybridized carbons (Fsp3) is 0.474. The molecule has 1 aliphatic rings. The number of hydrogen-bond donors (Lipinski definition) is 1.